The summed E-state index contributed by atoms with van der Waals surface area (Å²) >= 11 is 1.99. The van der Waals surface area contributed by atoms with Gasteiger partial charge in [0.05, 0.1) is 0 Å². The SMILES string of the molecule is Cc1ccc(/C=C/c2ccc3c(c2)C(C)(C)CCS3)cc1. The van der Waals surface area contributed by atoms with Crippen LogP contribution >= 0.6 is 11.8 Å². The lowest BCUT2D eigenvalue weighted by Gasteiger charge is -2.32. The van der Waals surface area contributed by atoms with Crippen molar-refractivity contribution in [3.63, 3.8) is 0 Å². The van der Waals surface area contributed by atoms with Crippen molar-refractivity contribution in [3.05, 3.63) is 64.7 Å². The van der Waals surface area contributed by atoms with Crippen LogP contribution < -0.4 is 0 Å². The van der Waals surface area contributed by atoms with E-state index in [9.17, 15) is 0 Å². The van der Waals surface area contributed by atoms with E-state index >= 15 is 0 Å². The molecule has 0 aromatic heterocycles. The third kappa shape index (κ3) is 3.24. The van der Waals surface area contributed by atoms with Gasteiger partial charge < -0.3 is 0 Å². The summed E-state index contributed by atoms with van der Waals surface area (Å²) in [6.45, 7) is 6.84. The number of hydrogen-bond acceptors (Lipinski definition) is 1. The van der Waals surface area contributed by atoms with Crippen molar-refractivity contribution in [2.45, 2.75) is 37.5 Å². The smallest absolute Gasteiger partial charge is 0.0110 e. The molecule has 1 heterocycles. The van der Waals surface area contributed by atoms with Gasteiger partial charge in [0.25, 0.3) is 0 Å². The number of thioether (sulfide) groups is 1. The predicted octanol–water partition coefficient (Wildman–Crippen LogP) is 5.94. The van der Waals surface area contributed by atoms with Crippen LogP contribution in [-0.2, 0) is 5.41 Å². The minimum atomic E-state index is 0.300. The predicted molar refractivity (Wildman–Crippen MR) is 94.9 cm³/mol. The zero-order valence-corrected chi connectivity index (χ0v) is 13.8. The van der Waals surface area contributed by atoms with Crippen LogP contribution in [0.1, 0.15) is 42.5 Å². The first-order valence-corrected chi connectivity index (χ1v) is 8.55. The summed E-state index contributed by atoms with van der Waals surface area (Å²) in [6, 6.07) is 15.5. The van der Waals surface area contributed by atoms with E-state index in [0.717, 1.165) is 0 Å². The Morgan fingerprint density at radius 1 is 0.952 bits per heavy atom. The van der Waals surface area contributed by atoms with Crippen molar-refractivity contribution in [2.75, 3.05) is 5.75 Å². The minimum absolute atomic E-state index is 0.300. The van der Waals surface area contributed by atoms with Gasteiger partial charge in [-0.15, -0.1) is 11.8 Å². The quantitative estimate of drug-likeness (QED) is 0.618. The number of hydrogen-bond donors (Lipinski definition) is 0. The maximum atomic E-state index is 2.37. The lowest BCUT2D eigenvalue weighted by atomic mass is 9.81. The maximum absolute atomic E-state index is 2.37. The van der Waals surface area contributed by atoms with Gasteiger partial charge in [0.1, 0.15) is 0 Å². The molecule has 0 saturated carbocycles. The average Bonchev–Trinajstić information content (AvgIpc) is 2.47. The van der Waals surface area contributed by atoms with Crippen LogP contribution in [0, 0.1) is 6.92 Å². The summed E-state index contributed by atoms with van der Waals surface area (Å²) in [7, 11) is 0. The topological polar surface area (TPSA) is 0 Å². The molecule has 0 nitrogen and oxygen atoms in total. The van der Waals surface area contributed by atoms with Gasteiger partial charge in [0.2, 0.25) is 0 Å². The van der Waals surface area contributed by atoms with Gasteiger partial charge in [-0.25, -0.2) is 0 Å². The Bertz CT molecular complexity index is 663. The summed E-state index contributed by atoms with van der Waals surface area (Å²) in [5, 5.41) is 0. The van der Waals surface area contributed by atoms with Crippen LogP contribution in [-0.4, -0.2) is 5.75 Å². The Kier molecular flexibility index (Phi) is 3.95. The second kappa shape index (κ2) is 5.73. The highest BCUT2D eigenvalue weighted by Crippen LogP contribution is 2.41. The van der Waals surface area contributed by atoms with E-state index in [4.69, 9.17) is 0 Å². The molecule has 1 aliphatic heterocycles. The Morgan fingerprint density at radius 2 is 1.62 bits per heavy atom. The van der Waals surface area contributed by atoms with E-state index in [-0.39, 0.29) is 0 Å². The molecule has 0 spiro atoms. The van der Waals surface area contributed by atoms with Gasteiger partial charge in [-0.1, -0.05) is 68.0 Å². The van der Waals surface area contributed by atoms with Gasteiger partial charge in [-0.2, -0.15) is 0 Å². The van der Waals surface area contributed by atoms with Crippen molar-refractivity contribution in [1.82, 2.24) is 0 Å². The van der Waals surface area contributed by atoms with Crippen molar-refractivity contribution < 1.29 is 0 Å². The van der Waals surface area contributed by atoms with Crippen LogP contribution in [0.2, 0.25) is 0 Å². The third-order valence-corrected chi connectivity index (χ3v) is 5.34. The summed E-state index contributed by atoms with van der Waals surface area (Å²) in [5.74, 6) is 1.23. The highest BCUT2D eigenvalue weighted by molar-refractivity contribution is 7.99. The first-order valence-electron chi connectivity index (χ1n) is 7.57. The van der Waals surface area contributed by atoms with Gasteiger partial charge in [-0.3, -0.25) is 0 Å². The third-order valence-electron chi connectivity index (χ3n) is 4.26. The Hall–Kier alpha value is -1.47. The maximum Gasteiger partial charge on any atom is 0.0110 e. The molecule has 1 aliphatic rings. The molecule has 1 heteroatoms. The minimum Gasteiger partial charge on any atom is -0.126 e. The van der Waals surface area contributed by atoms with E-state index in [1.807, 2.05) is 11.8 Å². The van der Waals surface area contributed by atoms with Crippen LogP contribution in [0.4, 0.5) is 0 Å². The molecule has 0 saturated heterocycles. The van der Waals surface area contributed by atoms with Crippen molar-refractivity contribution in [2.24, 2.45) is 0 Å². The number of benzene rings is 2. The second-order valence-corrected chi connectivity index (χ2v) is 7.62. The van der Waals surface area contributed by atoms with Crippen molar-refractivity contribution in [1.29, 1.82) is 0 Å². The zero-order valence-electron chi connectivity index (χ0n) is 13.0. The first kappa shape index (κ1) is 14.5. The largest absolute Gasteiger partial charge is 0.126 e. The molecule has 0 bridgehead atoms. The van der Waals surface area contributed by atoms with Gasteiger partial charge in [0, 0.05) is 4.90 Å². The lowest BCUT2D eigenvalue weighted by Crippen LogP contribution is -2.22. The summed E-state index contributed by atoms with van der Waals surface area (Å²) in [5.41, 5.74) is 5.66. The van der Waals surface area contributed by atoms with Crippen LogP contribution in [0.5, 0.6) is 0 Å². The Labute approximate surface area is 132 Å². The number of rotatable bonds is 2. The Balaban J connectivity index is 1.88. The fourth-order valence-corrected chi connectivity index (χ4v) is 4.21. The standard InChI is InChI=1S/C20H22S/c1-15-4-6-16(7-5-15)8-9-17-10-11-19-18(14-17)20(2,3)12-13-21-19/h4-11,14H,12-13H2,1-3H3/b9-8+. The fourth-order valence-electron chi connectivity index (χ4n) is 2.73. The summed E-state index contributed by atoms with van der Waals surface area (Å²) in [4.78, 5) is 1.46. The van der Waals surface area contributed by atoms with Crippen LogP contribution in [0.25, 0.3) is 12.2 Å². The molecule has 0 unspecified atom stereocenters. The van der Waals surface area contributed by atoms with E-state index in [1.54, 1.807) is 0 Å². The van der Waals surface area contributed by atoms with Gasteiger partial charge in [-0.05, 0) is 47.3 Å². The normalized spacial score (nSPS) is 16.9. The van der Waals surface area contributed by atoms with E-state index < -0.39 is 0 Å². The number of aryl methyl sites for hydroxylation is 1. The molecule has 2 aromatic rings. The first-order chi connectivity index (χ1) is 10.0. The molecule has 0 atom stereocenters. The van der Waals surface area contributed by atoms with Gasteiger partial charge in [0.15, 0.2) is 0 Å². The summed E-state index contributed by atoms with van der Waals surface area (Å²) < 4.78 is 0. The molecule has 0 amide bonds. The molecule has 0 N–H and O–H groups in total. The Morgan fingerprint density at radius 3 is 2.38 bits per heavy atom. The monoisotopic (exact) mass is 294 g/mol. The molecule has 108 valence electrons. The van der Waals surface area contributed by atoms with Crippen molar-refractivity contribution >= 4 is 23.9 Å². The molecule has 0 fully saturated rings. The fraction of sp³-hybridized carbons (Fsp3) is 0.300. The molecular weight excluding hydrogens is 272 g/mol. The molecule has 0 radical (unpaired) electrons. The molecule has 2 aromatic carbocycles. The lowest BCUT2D eigenvalue weighted by molar-refractivity contribution is 0.494. The van der Waals surface area contributed by atoms with E-state index in [2.05, 4.69) is 75.4 Å². The number of fused-ring (bicyclic) bond motifs is 1. The highest BCUT2D eigenvalue weighted by Gasteiger charge is 2.27. The van der Waals surface area contributed by atoms with E-state index in [1.165, 1.54) is 39.3 Å². The van der Waals surface area contributed by atoms with Crippen LogP contribution in [0.15, 0.2) is 47.4 Å². The average molecular weight is 294 g/mol. The molecule has 3 rings (SSSR count). The molecule has 21 heavy (non-hydrogen) atoms. The molecular formula is C20H22S. The second-order valence-electron chi connectivity index (χ2n) is 6.48. The highest BCUT2D eigenvalue weighted by atomic mass is 32.2. The van der Waals surface area contributed by atoms with Crippen molar-refractivity contribution in [3.8, 4) is 0 Å². The zero-order chi connectivity index (χ0) is 14.9. The molecule has 0 aliphatic carbocycles. The van der Waals surface area contributed by atoms with Crippen LogP contribution in [0.3, 0.4) is 0 Å². The summed E-state index contributed by atoms with van der Waals surface area (Å²) in [6.07, 6.45) is 5.68. The van der Waals surface area contributed by atoms with Gasteiger partial charge >= 0.3 is 0 Å². The van der Waals surface area contributed by atoms with E-state index in [0.29, 0.717) is 5.41 Å².